The quantitative estimate of drug-likeness (QED) is 0.336. The standard InChI is InChI=1S/C22H28N4O3S.HI/c1-16-13-17(10-11-20(16)30(3,28)29)14-24-22(23-2)25-15-21(27)26-12-6-8-18-7-4-5-9-19(18)26;/h4-5,7,9-11,13H,6,8,12,14-15H2,1-3H3,(H2,23,24,25);1H. The lowest BCUT2D eigenvalue weighted by atomic mass is 10.0. The molecule has 0 spiro atoms. The summed E-state index contributed by atoms with van der Waals surface area (Å²) in [6, 6.07) is 13.2. The van der Waals surface area contributed by atoms with Crippen molar-refractivity contribution in [1.29, 1.82) is 0 Å². The molecule has 1 heterocycles. The molecule has 1 amide bonds. The van der Waals surface area contributed by atoms with Gasteiger partial charge in [0, 0.05) is 32.1 Å². The molecular weight excluding hydrogens is 527 g/mol. The average Bonchev–Trinajstić information content (AvgIpc) is 2.72. The minimum absolute atomic E-state index is 0. The van der Waals surface area contributed by atoms with Crippen LogP contribution in [-0.2, 0) is 27.6 Å². The summed E-state index contributed by atoms with van der Waals surface area (Å²) in [4.78, 5) is 19.1. The van der Waals surface area contributed by atoms with Crippen LogP contribution in [0.15, 0.2) is 52.4 Å². The molecule has 2 aromatic rings. The van der Waals surface area contributed by atoms with Crippen LogP contribution in [0.2, 0.25) is 0 Å². The number of para-hydroxylation sites is 1. The number of carbonyl (C=O) groups is 1. The number of carbonyl (C=O) groups excluding carboxylic acids is 1. The van der Waals surface area contributed by atoms with Gasteiger partial charge in [-0.1, -0.05) is 30.3 Å². The summed E-state index contributed by atoms with van der Waals surface area (Å²) < 4.78 is 23.5. The Bertz CT molecular complexity index is 1070. The molecule has 1 aliphatic heterocycles. The highest BCUT2D eigenvalue weighted by atomic mass is 127. The molecule has 3 rings (SSSR count). The van der Waals surface area contributed by atoms with Crippen LogP contribution < -0.4 is 15.5 Å². The van der Waals surface area contributed by atoms with Gasteiger partial charge in [-0.3, -0.25) is 9.79 Å². The number of nitrogens with one attached hydrogen (secondary N) is 2. The minimum Gasteiger partial charge on any atom is -0.352 e. The maximum absolute atomic E-state index is 12.8. The fourth-order valence-corrected chi connectivity index (χ4v) is 4.65. The van der Waals surface area contributed by atoms with Crippen LogP contribution in [0.1, 0.15) is 23.1 Å². The Morgan fingerprint density at radius 3 is 2.58 bits per heavy atom. The Labute approximate surface area is 201 Å². The number of hydrogen-bond acceptors (Lipinski definition) is 4. The second kappa shape index (κ2) is 10.9. The zero-order chi connectivity index (χ0) is 21.7. The third kappa shape index (κ3) is 6.42. The number of nitrogens with zero attached hydrogens (tertiary/aromatic N) is 2. The van der Waals surface area contributed by atoms with Gasteiger partial charge in [0.25, 0.3) is 0 Å². The van der Waals surface area contributed by atoms with Crippen molar-refractivity contribution in [3.05, 3.63) is 59.2 Å². The number of aryl methyl sites for hydroxylation is 2. The summed E-state index contributed by atoms with van der Waals surface area (Å²) in [7, 11) is -1.59. The van der Waals surface area contributed by atoms with Crippen LogP contribution in [0.4, 0.5) is 5.69 Å². The molecule has 0 aliphatic carbocycles. The zero-order valence-corrected chi connectivity index (χ0v) is 21.2. The average molecular weight is 556 g/mol. The van der Waals surface area contributed by atoms with E-state index < -0.39 is 9.84 Å². The predicted octanol–water partition coefficient (Wildman–Crippen LogP) is 2.66. The fraction of sp³-hybridized carbons (Fsp3) is 0.364. The molecule has 1 aliphatic rings. The van der Waals surface area contributed by atoms with E-state index in [1.54, 1.807) is 26.1 Å². The minimum atomic E-state index is -3.23. The molecule has 168 valence electrons. The van der Waals surface area contributed by atoms with E-state index in [9.17, 15) is 13.2 Å². The van der Waals surface area contributed by atoms with Crippen molar-refractivity contribution < 1.29 is 13.2 Å². The molecule has 0 saturated heterocycles. The van der Waals surface area contributed by atoms with Crippen molar-refractivity contribution in [2.75, 3.05) is 31.3 Å². The molecule has 2 N–H and O–H groups in total. The Morgan fingerprint density at radius 2 is 1.90 bits per heavy atom. The van der Waals surface area contributed by atoms with Gasteiger partial charge < -0.3 is 15.5 Å². The highest BCUT2D eigenvalue weighted by Crippen LogP contribution is 2.26. The highest BCUT2D eigenvalue weighted by molar-refractivity contribution is 14.0. The molecular formula is C22H29IN4O3S. The van der Waals surface area contributed by atoms with E-state index in [0.29, 0.717) is 23.0 Å². The van der Waals surface area contributed by atoms with Gasteiger partial charge in [0.2, 0.25) is 5.91 Å². The maximum Gasteiger partial charge on any atom is 0.246 e. The number of anilines is 1. The van der Waals surface area contributed by atoms with E-state index in [4.69, 9.17) is 0 Å². The van der Waals surface area contributed by atoms with Crippen LogP contribution >= 0.6 is 24.0 Å². The molecule has 0 bridgehead atoms. The van der Waals surface area contributed by atoms with E-state index in [0.717, 1.165) is 30.6 Å². The molecule has 0 saturated carbocycles. The van der Waals surface area contributed by atoms with Crippen LogP contribution in [-0.4, -0.2) is 46.7 Å². The van der Waals surface area contributed by atoms with E-state index in [1.807, 2.05) is 29.2 Å². The lowest BCUT2D eigenvalue weighted by Gasteiger charge is -2.29. The summed E-state index contributed by atoms with van der Waals surface area (Å²) in [6.45, 7) is 3.10. The first kappa shape index (κ1) is 25.1. The van der Waals surface area contributed by atoms with Crippen molar-refractivity contribution in [3.63, 3.8) is 0 Å². The van der Waals surface area contributed by atoms with Crippen LogP contribution in [0.25, 0.3) is 0 Å². The number of rotatable bonds is 5. The molecule has 7 nitrogen and oxygen atoms in total. The van der Waals surface area contributed by atoms with Gasteiger partial charge in [-0.25, -0.2) is 8.42 Å². The topological polar surface area (TPSA) is 90.9 Å². The molecule has 0 atom stereocenters. The Hall–Kier alpha value is -2.14. The Morgan fingerprint density at radius 1 is 1.16 bits per heavy atom. The lowest BCUT2D eigenvalue weighted by molar-refractivity contribution is -0.117. The number of benzene rings is 2. The number of aliphatic imine (C=N–C) groups is 1. The molecule has 2 aromatic carbocycles. The Balaban J connectivity index is 0.00000341. The van der Waals surface area contributed by atoms with Gasteiger partial charge in [-0.2, -0.15) is 0 Å². The van der Waals surface area contributed by atoms with E-state index in [-0.39, 0.29) is 36.4 Å². The largest absolute Gasteiger partial charge is 0.352 e. The van der Waals surface area contributed by atoms with Gasteiger partial charge in [0.15, 0.2) is 15.8 Å². The predicted molar refractivity (Wildman–Crippen MR) is 135 cm³/mol. The number of guanidine groups is 1. The summed E-state index contributed by atoms with van der Waals surface area (Å²) in [6.07, 6.45) is 3.16. The van der Waals surface area contributed by atoms with E-state index in [2.05, 4.69) is 21.7 Å². The van der Waals surface area contributed by atoms with E-state index in [1.165, 1.54) is 11.8 Å². The van der Waals surface area contributed by atoms with E-state index >= 15 is 0 Å². The number of sulfone groups is 1. The van der Waals surface area contributed by atoms with Crippen molar-refractivity contribution in [1.82, 2.24) is 10.6 Å². The van der Waals surface area contributed by atoms with Gasteiger partial charge in [0.05, 0.1) is 11.4 Å². The van der Waals surface area contributed by atoms with Crippen LogP contribution in [0.3, 0.4) is 0 Å². The first-order valence-electron chi connectivity index (χ1n) is 9.92. The first-order chi connectivity index (χ1) is 14.3. The Kier molecular flexibility index (Phi) is 8.87. The van der Waals surface area contributed by atoms with Crippen molar-refractivity contribution in [2.45, 2.75) is 31.2 Å². The van der Waals surface area contributed by atoms with Gasteiger partial charge >= 0.3 is 0 Å². The molecule has 0 fully saturated rings. The molecule has 0 aromatic heterocycles. The smallest absolute Gasteiger partial charge is 0.246 e. The highest BCUT2D eigenvalue weighted by Gasteiger charge is 2.22. The molecule has 0 radical (unpaired) electrons. The SMILES string of the molecule is CN=C(NCC(=O)N1CCCc2ccccc21)NCc1ccc(S(C)(=O)=O)c(C)c1.I. The summed E-state index contributed by atoms with van der Waals surface area (Å²) in [5.74, 6) is 0.511. The number of fused-ring (bicyclic) bond motifs is 1. The molecule has 9 heteroatoms. The lowest BCUT2D eigenvalue weighted by Crippen LogP contribution is -2.45. The van der Waals surface area contributed by atoms with Gasteiger partial charge in [-0.15, -0.1) is 24.0 Å². The van der Waals surface area contributed by atoms with Crippen LogP contribution in [0, 0.1) is 6.92 Å². The summed E-state index contributed by atoms with van der Waals surface area (Å²) in [5, 5.41) is 6.24. The normalized spacial score (nSPS) is 13.8. The van der Waals surface area contributed by atoms with Crippen molar-refractivity contribution in [2.24, 2.45) is 4.99 Å². The summed E-state index contributed by atoms with van der Waals surface area (Å²) >= 11 is 0. The molecule has 31 heavy (non-hydrogen) atoms. The second-order valence-corrected chi connectivity index (χ2v) is 9.41. The van der Waals surface area contributed by atoms with Crippen molar-refractivity contribution in [3.8, 4) is 0 Å². The zero-order valence-electron chi connectivity index (χ0n) is 18.0. The maximum atomic E-state index is 12.8. The van der Waals surface area contributed by atoms with Gasteiger partial charge in [0.1, 0.15) is 0 Å². The third-order valence-corrected chi connectivity index (χ3v) is 6.40. The third-order valence-electron chi connectivity index (χ3n) is 5.14. The second-order valence-electron chi connectivity index (χ2n) is 7.43. The number of amides is 1. The fourth-order valence-electron chi connectivity index (χ4n) is 3.69. The first-order valence-corrected chi connectivity index (χ1v) is 11.8. The number of halogens is 1. The summed E-state index contributed by atoms with van der Waals surface area (Å²) in [5.41, 5.74) is 3.82. The van der Waals surface area contributed by atoms with Crippen LogP contribution in [0.5, 0.6) is 0 Å². The molecule has 0 unspecified atom stereocenters. The number of hydrogen-bond donors (Lipinski definition) is 2. The monoisotopic (exact) mass is 556 g/mol. The van der Waals surface area contributed by atoms with Gasteiger partial charge in [-0.05, 0) is 48.6 Å². The van der Waals surface area contributed by atoms with Crippen molar-refractivity contribution >= 4 is 51.4 Å².